The van der Waals surface area contributed by atoms with Crippen LogP contribution in [-0.2, 0) is 21.2 Å². The predicted octanol–water partition coefficient (Wildman–Crippen LogP) is 2.53. The van der Waals surface area contributed by atoms with Gasteiger partial charge in [-0.25, -0.2) is 13.1 Å². The maximum atomic E-state index is 12.7. The van der Waals surface area contributed by atoms with Gasteiger partial charge in [0.15, 0.2) is 0 Å². The van der Waals surface area contributed by atoms with E-state index in [1.54, 1.807) is 24.0 Å². The Balaban J connectivity index is 1.67. The lowest BCUT2D eigenvalue weighted by atomic mass is 9.99. The normalized spacial score (nSPS) is 14.1. The first kappa shape index (κ1) is 19.4. The van der Waals surface area contributed by atoms with E-state index in [0.29, 0.717) is 17.8 Å². The molecule has 0 aromatic heterocycles. The minimum atomic E-state index is -3.65. The molecule has 1 aliphatic heterocycles. The number of nitrogens with one attached hydrogen (secondary N) is 1. The summed E-state index contributed by atoms with van der Waals surface area (Å²) < 4.78 is 27.7. The molecule has 0 saturated carbocycles. The molecular formula is C20H25N3O3S. The van der Waals surface area contributed by atoms with Crippen LogP contribution >= 0.6 is 0 Å². The van der Waals surface area contributed by atoms with Gasteiger partial charge in [0.1, 0.15) is 0 Å². The SMILES string of the molecule is Cc1ccc(C)c(S(=O)(=O)NCCC(=O)N2CCCc3c(N)cccc32)c1. The molecule has 0 unspecified atom stereocenters. The number of hydrogen-bond acceptors (Lipinski definition) is 4. The number of rotatable bonds is 5. The molecular weight excluding hydrogens is 362 g/mol. The van der Waals surface area contributed by atoms with E-state index in [9.17, 15) is 13.2 Å². The van der Waals surface area contributed by atoms with Gasteiger partial charge in [-0.05, 0) is 61.6 Å². The van der Waals surface area contributed by atoms with Gasteiger partial charge in [0.05, 0.1) is 4.90 Å². The van der Waals surface area contributed by atoms with Crippen LogP contribution in [0.4, 0.5) is 11.4 Å². The lowest BCUT2D eigenvalue weighted by Gasteiger charge is -2.30. The molecule has 0 fully saturated rings. The molecule has 0 atom stereocenters. The zero-order chi connectivity index (χ0) is 19.6. The van der Waals surface area contributed by atoms with Gasteiger partial charge < -0.3 is 10.6 Å². The number of aryl methyl sites for hydroxylation is 2. The molecule has 0 saturated heterocycles. The summed E-state index contributed by atoms with van der Waals surface area (Å²) in [6.45, 7) is 4.29. The lowest BCUT2D eigenvalue weighted by Crippen LogP contribution is -2.38. The number of sulfonamides is 1. The van der Waals surface area contributed by atoms with Crippen molar-refractivity contribution in [3.8, 4) is 0 Å². The maximum absolute atomic E-state index is 12.7. The third-order valence-corrected chi connectivity index (χ3v) is 6.46. The summed E-state index contributed by atoms with van der Waals surface area (Å²) in [5.74, 6) is -0.106. The summed E-state index contributed by atoms with van der Waals surface area (Å²) in [6.07, 6.45) is 1.80. The van der Waals surface area contributed by atoms with Crippen LogP contribution in [0.3, 0.4) is 0 Å². The van der Waals surface area contributed by atoms with Crippen LogP contribution in [0.2, 0.25) is 0 Å². The summed E-state index contributed by atoms with van der Waals surface area (Å²) in [7, 11) is -3.65. The van der Waals surface area contributed by atoms with Gasteiger partial charge in [-0.1, -0.05) is 18.2 Å². The Hall–Kier alpha value is -2.38. The Kier molecular flexibility index (Phi) is 5.53. The standard InChI is InChI=1S/C20H25N3O3S/c1-14-8-9-15(2)19(13-14)27(25,26)22-11-10-20(24)23-12-4-5-16-17(21)6-3-7-18(16)23/h3,6-9,13,22H,4-5,10-12,21H2,1-2H3. The van der Waals surface area contributed by atoms with Crippen molar-refractivity contribution < 1.29 is 13.2 Å². The number of carbonyl (C=O) groups is 1. The minimum Gasteiger partial charge on any atom is -0.398 e. The molecule has 1 amide bonds. The first-order valence-corrected chi connectivity index (χ1v) is 10.5. The van der Waals surface area contributed by atoms with Gasteiger partial charge in [-0.15, -0.1) is 0 Å². The number of benzene rings is 2. The Labute approximate surface area is 160 Å². The molecule has 3 rings (SSSR count). The van der Waals surface area contributed by atoms with Crippen LogP contribution in [0.5, 0.6) is 0 Å². The topological polar surface area (TPSA) is 92.5 Å². The highest BCUT2D eigenvalue weighted by Crippen LogP contribution is 2.31. The number of nitrogens with zero attached hydrogens (tertiary/aromatic N) is 1. The average molecular weight is 388 g/mol. The number of nitrogen functional groups attached to an aromatic ring is 1. The van der Waals surface area contributed by atoms with Gasteiger partial charge in [-0.3, -0.25) is 4.79 Å². The molecule has 2 aromatic carbocycles. The Morgan fingerprint density at radius 1 is 1.22 bits per heavy atom. The highest BCUT2D eigenvalue weighted by atomic mass is 32.2. The summed E-state index contributed by atoms with van der Waals surface area (Å²) in [5.41, 5.74) is 10.1. The average Bonchev–Trinajstić information content (AvgIpc) is 2.63. The fourth-order valence-corrected chi connectivity index (χ4v) is 4.77. The van der Waals surface area contributed by atoms with E-state index >= 15 is 0 Å². The Morgan fingerprint density at radius 3 is 2.78 bits per heavy atom. The third-order valence-electron chi connectivity index (χ3n) is 4.85. The molecule has 0 spiro atoms. The molecule has 6 nitrogen and oxygen atoms in total. The summed E-state index contributed by atoms with van der Waals surface area (Å²) in [4.78, 5) is 14.6. The second-order valence-electron chi connectivity index (χ2n) is 6.91. The molecule has 3 N–H and O–H groups in total. The van der Waals surface area contributed by atoms with Gasteiger partial charge in [-0.2, -0.15) is 0 Å². The smallest absolute Gasteiger partial charge is 0.240 e. The van der Waals surface area contributed by atoms with Crippen molar-refractivity contribution >= 4 is 27.3 Å². The van der Waals surface area contributed by atoms with E-state index in [-0.39, 0.29) is 23.8 Å². The molecule has 0 aliphatic carbocycles. The molecule has 0 bridgehead atoms. The Morgan fingerprint density at radius 2 is 2.00 bits per heavy atom. The van der Waals surface area contributed by atoms with Crippen molar-refractivity contribution in [1.82, 2.24) is 4.72 Å². The second-order valence-corrected chi connectivity index (χ2v) is 8.65. The molecule has 1 aliphatic rings. The molecule has 7 heteroatoms. The van der Waals surface area contributed by atoms with E-state index in [0.717, 1.165) is 29.7 Å². The van der Waals surface area contributed by atoms with Gasteiger partial charge in [0, 0.05) is 30.9 Å². The fourth-order valence-electron chi connectivity index (χ4n) is 3.41. The van der Waals surface area contributed by atoms with Crippen molar-refractivity contribution in [3.05, 3.63) is 53.1 Å². The number of carbonyl (C=O) groups excluding carboxylic acids is 1. The third kappa shape index (κ3) is 4.14. The quantitative estimate of drug-likeness (QED) is 0.771. The summed E-state index contributed by atoms with van der Waals surface area (Å²) in [6, 6.07) is 10.9. The van der Waals surface area contributed by atoms with Crippen LogP contribution in [0, 0.1) is 13.8 Å². The number of anilines is 2. The Bertz CT molecular complexity index is 970. The summed E-state index contributed by atoms with van der Waals surface area (Å²) >= 11 is 0. The zero-order valence-electron chi connectivity index (χ0n) is 15.7. The predicted molar refractivity (Wildman–Crippen MR) is 107 cm³/mol. The van der Waals surface area contributed by atoms with Crippen molar-refractivity contribution in [1.29, 1.82) is 0 Å². The van der Waals surface area contributed by atoms with Crippen molar-refractivity contribution in [2.24, 2.45) is 0 Å². The maximum Gasteiger partial charge on any atom is 0.240 e. The van der Waals surface area contributed by atoms with Crippen molar-refractivity contribution in [2.45, 2.75) is 38.0 Å². The van der Waals surface area contributed by atoms with Crippen LogP contribution in [0.1, 0.15) is 29.5 Å². The van der Waals surface area contributed by atoms with E-state index < -0.39 is 10.0 Å². The second kappa shape index (κ2) is 7.70. The highest BCUT2D eigenvalue weighted by Gasteiger charge is 2.24. The molecule has 27 heavy (non-hydrogen) atoms. The molecule has 1 heterocycles. The van der Waals surface area contributed by atoms with Crippen LogP contribution in [0.15, 0.2) is 41.3 Å². The van der Waals surface area contributed by atoms with Crippen molar-refractivity contribution in [3.63, 3.8) is 0 Å². The van der Waals surface area contributed by atoms with E-state index in [1.165, 1.54) is 0 Å². The zero-order valence-corrected chi connectivity index (χ0v) is 16.5. The van der Waals surface area contributed by atoms with Gasteiger partial charge in [0.25, 0.3) is 0 Å². The summed E-state index contributed by atoms with van der Waals surface area (Å²) in [5, 5.41) is 0. The van der Waals surface area contributed by atoms with Crippen LogP contribution < -0.4 is 15.4 Å². The first-order valence-electron chi connectivity index (χ1n) is 9.04. The number of nitrogens with two attached hydrogens (primary N) is 1. The first-order chi connectivity index (χ1) is 12.8. The van der Waals surface area contributed by atoms with Crippen LogP contribution in [0.25, 0.3) is 0 Å². The van der Waals surface area contributed by atoms with Crippen molar-refractivity contribution in [2.75, 3.05) is 23.7 Å². The molecule has 0 radical (unpaired) electrons. The van der Waals surface area contributed by atoms with E-state index in [1.807, 2.05) is 31.2 Å². The lowest BCUT2D eigenvalue weighted by molar-refractivity contribution is -0.118. The fraction of sp³-hybridized carbons (Fsp3) is 0.350. The monoisotopic (exact) mass is 387 g/mol. The van der Waals surface area contributed by atoms with Gasteiger partial charge in [0.2, 0.25) is 15.9 Å². The number of fused-ring (bicyclic) bond motifs is 1. The molecule has 2 aromatic rings. The number of hydrogen-bond donors (Lipinski definition) is 2. The van der Waals surface area contributed by atoms with Gasteiger partial charge >= 0.3 is 0 Å². The minimum absolute atomic E-state index is 0.0582. The molecule has 144 valence electrons. The highest BCUT2D eigenvalue weighted by molar-refractivity contribution is 7.89. The van der Waals surface area contributed by atoms with E-state index in [4.69, 9.17) is 5.73 Å². The number of amides is 1. The van der Waals surface area contributed by atoms with Crippen LogP contribution in [-0.4, -0.2) is 27.4 Å². The van der Waals surface area contributed by atoms with E-state index in [2.05, 4.69) is 4.72 Å². The largest absolute Gasteiger partial charge is 0.398 e.